The maximum Gasteiger partial charge on any atom is 0.321 e. The minimum absolute atomic E-state index is 0.00463. The van der Waals surface area contributed by atoms with Crippen LogP contribution < -0.4 is 34.4 Å². The predicted molar refractivity (Wildman–Crippen MR) is 137 cm³/mol. The molecule has 0 fully saturated rings. The van der Waals surface area contributed by atoms with Crippen LogP contribution in [0.4, 0.5) is 0 Å². The Morgan fingerprint density at radius 1 is 0.667 bits per heavy atom. The van der Waals surface area contributed by atoms with Crippen LogP contribution >= 0.6 is 0 Å². The van der Waals surface area contributed by atoms with Gasteiger partial charge in [-0.25, -0.2) is 0 Å². The Morgan fingerprint density at radius 2 is 1.14 bits per heavy atom. The summed E-state index contributed by atoms with van der Waals surface area (Å²) in [5.41, 5.74) is 30.4. The van der Waals surface area contributed by atoms with Gasteiger partial charge in [0, 0.05) is 19.6 Å². The Morgan fingerprint density at radius 3 is 1.39 bits per heavy atom. The fourth-order valence-corrected chi connectivity index (χ4v) is 2.11. The van der Waals surface area contributed by atoms with Gasteiger partial charge < -0.3 is 54.8 Å². The average molecular weight is 528 g/mol. The van der Waals surface area contributed by atoms with Gasteiger partial charge in [0.2, 0.25) is 0 Å². The SMILES string of the molecule is CCCCCCN.CCCN(CCN)CC(=O)O.NC(CC(N)C(=O)O)C(=O)O.NCC(N)C(=O)O. The summed E-state index contributed by atoms with van der Waals surface area (Å²) in [4.78, 5) is 42.0. The van der Waals surface area contributed by atoms with Gasteiger partial charge >= 0.3 is 23.9 Å². The number of rotatable bonds is 16. The van der Waals surface area contributed by atoms with Crippen molar-refractivity contribution in [1.29, 1.82) is 0 Å². The number of unbranched alkanes of at least 4 members (excludes halogenated alkanes) is 3. The van der Waals surface area contributed by atoms with Crippen LogP contribution in [0.5, 0.6) is 0 Å². The van der Waals surface area contributed by atoms with Crippen molar-refractivity contribution in [2.75, 3.05) is 39.3 Å². The molecule has 0 bridgehead atoms. The van der Waals surface area contributed by atoms with E-state index in [1.165, 1.54) is 25.7 Å². The molecule has 36 heavy (non-hydrogen) atoms. The Balaban J connectivity index is -0.000000194. The van der Waals surface area contributed by atoms with E-state index in [0.717, 1.165) is 19.5 Å². The topological polar surface area (TPSA) is 309 Å². The zero-order valence-electron chi connectivity index (χ0n) is 21.6. The van der Waals surface area contributed by atoms with E-state index in [2.05, 4.69) is 6.92 Å². The lowest BCUT2D eigenvalue weighted by molar-refractivity contribution is -0.141. The molecule has 0 saturated heterocycles. The van der Waals surface area contributed by atoms with Crippen molar-refractivity contribution in [2.45, 2.75) is 70.5 Å². The van der Waals surface area contributed by atoms with E-state index in [1.807, 2.05) is 11.8 Å². The number of nitrogens with two attached hydrogens (primary N) is 6. The monoisotopic (exact) mass is 527 g/mol. The second-order valence-corrected chi connectivity index (χ2v) is 7.61. The predicted octanol–water partition coefficient (Wildman–Crippen LogP) is -2.18. The highest BCUT2D eigenvalue weighted by molar-refractivity contribution is 5.77. The third-order valence-electron chi connectivity index (χ3n) is 4.12. The van der Waals surface area contributed by atoms with Gasteiger partial charge in [-0.3, -0.25) is 24.1 Å². The maximum atomic E-state index is 10.3. The molecule has 3 atom stereocenters. The molecule has 0 saturated carbocycles. The average Bonchev–Trinajstić information content (AvgIpc) is 2.79. The zero-order chi connectivity index (χ0) is 29.1. The minimum atomic E-state index is -1.25. The van der Waals surface area contributed by atoms with Gasteiger partial charge in [-0.15, -0.1) is 0 Å². The van der Waals surface area contributed by atoms with Crippen molar-refractivity contribution >= 4 is 23.9 Å². The summed E-state index contributed by atoms with van der Waals surface area (Å²) in [6.45, 7) is 7.18. The number of aliphatic carboxylic acids is 4. The molecule has 3 unspecified atom stereocenters. The Bertz CT molecular complexity index is 542. The molecular formula is C21H49N7O8. The largest absolute Gasteiger partial charge is 0.480 e. The minimum Gasteiger partial charge on any atom is -0.480 e. The smallest absolute Gasteiger partial charge is 0.321 e. The summed E-state index contributed by atoms with van der Waals surface area (Å²) in [7, 11) is 0. The van der Waals surface area contributed by atoms with Crippen LogP contribution in [-0.2, 0) is 19.2 Å². The Kier molecular flexibility index (Phi) is 32.6. The van der Waals surface area contributed by atoms with Gasteiger partial charge in [0.05, 0.1) is 6.54 Å². The molecule has 0 aromatic carbocycles. The molecular weight excluding hydrogens is 478 g/mol. The molecule has 0 aliphatic rings. The van der Waals surface area contributed by atoms with Crippen molar-refractivity contribution in [2.24, 2.45) is 34.4 Å². The van der Waals surface area contributed by atoms with Crippen LogP contribution in [-0.4, -0.2) is 107 Å². The van der Waals surface area contributed by atoms with Crippen LogP contribution in [0.1, 0.15) is 52.4 Å². The summed E-state index contributed by atoms with van der Waals surface area (Å²) >= 11 is 0. The number of nitrogens with zero attached hydrogens (tertiary/aromatic N) is 1. The van der Waals surface area contributed by atoms with Gasteiger partial charge in [-0.05, 0) is 32.4 Å². The van der Waals surface area contributed by atoms with Gasteiger partial charge in [0.1, 0.15) is 18.1 Å². The highest BCUT2D eigenvalue weighted by Crippen LogP contribution is 1.95. The summed E-state index contributed by atoms with van der Waals surface area (Å²) in [6.07, 6.45) is 5.87. The summed E-state index contributed by atoms with van der Waals surface area (Å²) in [6, 6.07) is -3.32. The first-order valence-electron chi connectivity index (χ1n) is 11.7. The molecule has 0 aliphatic heterocycles. The molecule has 0 rings (SSSR count). The number of hydrogen-bond acceptors (Lipinski definition) is 11. The maximum absolute atomic E-state index is 10.3. The van der Waals surface area contributed by atoms with Crippen LogP contribution in [0, 0.1) is 0 Å². The Labute approximate surface area is 213 Å². The van der Waals surface area contributed by atoms with Crippen LogP contribution in [0.2, 0.25) is 0 Å². The highest BCUT2D eigenvalue weighted by Gasteiger charge is 2.20. The van der Waals surface area contributed by atoms with Crippen molar-refractivity contribution < 1.29 is 39.6 Å². The van der Waals surface area contributed by atoms with Crippen molar-refractivity contribution in [3.8, 4) is 0 Å². The quantitative estimate of drug-likeness (QED) is 0.0954. The molecule has 0 heterocycles. The lowest BCUT2D eigenvalue weighted by Gasteiger charge is -2.17. The van der Waals surface area contributed by atoms with Gasteiger partial charge in [0.25, 0.3) is 0 Å². The molecule has 15 nitrogen and oxygen atoms in total. The van der Waals surface area contributed by atoms with E-state index in [0.29, 0.717) is 13.1 Å². The Hall–Kier alpha value is -2.40. The first-order valence-corrected chi connectivity index (χ1v) is 11.7. The lowest BCUT2D eigenvalue weighted by atomic mass is 10.1. The van der Waals surface area contributed by atoms with Crippen LogP contribution in [0.15, 0.2) is 0 Å². The summed E-state index contributed by atoms with van der Waals surface area (Å²) < 4.78 is 0. The van der Waals surface area contributed by atoms with Crippen molar-refractivity contribution in [3.63, 3.8) is 0 Å². The van der Waals surface area contributed by atoms with E-state index in [4.69, 9.17) is 54.8 Å². The number of carbonyl (C=O) groups is 4. The third-order valence-corrected chi connectivity index (χ3v) is 4.12. The molecule has 0 aromatic rings. The number of hydrogen-bond donors (Lipinski definition) is 10. The number of carboxylic acid groups (broad SMARTS) is 4. The summed E-state index contributed by atoms with van der Waals surface area (Å²) in [5.74, 6) is -4.34. The second kappa shape index (κ2) is 28.8. The van der Waals surface area contributed by atoms with E-state index in [1.54, 1.807) is 0 Å². The van der Waals surface area contributed by atoms with E-state index in [-0.39, 0.29) is 19.5 Å². The molecule has 0 spiro atoms. The van der Waals surface area contributed by atoms with E-state index in [9.17, 15) is 19.2 Å². The van der Waals surface area contributed by atoms with Crippen LogP contribution in [0.3, 0.4) is 0 Å². The summed E-state index contributed by atoms with van der Waals surface area (Å²) in [5, 5.41) is 32.9. The number of carboxylic acids is 4. The fraction of sp³-hybridized carbons (Fsp3) is 0.810. The fourth-order valence-electron chi connectivity index (χ4n) is 2.11. The van der Waals surface area contributed by atoms with E-state index >= 15 is 0 Å². The van der Waals surface area contributed by atoms with Gasteiger partial charge in [-0.2, -0.15) is 0 Å². The molecule has 16 N–H and O–H groups in total. The highest BCUT2D eigenvalue weighted by atomic mass is 16.4. The van der Waals surface area contributed by atoms with Gasteiger partial charge in [-0.1, -0.05) is 33.1 Å². The van der Waals surface area contributed by atoms with E-state index < -0.39 is 42.0 Å². The second-order valence-electron chi connectivity index (χ2n) is 7.61. The molecule has 0 amide bonds. The zero-order valence-corrected chi connectivity index (χ0v) is 21.6. The normalized spacial score (nSPS) is 12.4. The molecule has 15 heteroatoms. The third kappa shape index (κ3) is 33.8. The molecule has 0 aromatic heterocycles. The molecule has 0 radical (unpaired) electrons. The van der Waals surface area contributed by atoms with Crippen molar-refractivity contribution in [3.05, 3.63) is 0 Å². The van der Waals surface area contributed by atoms with Gasteiger partial charge in [0.15, 0.2) is 0 Å². The first-order chi connectivity index (χ1) is 16.7. The standard InChI is InChI=1S/C7H16N2O2.C6H15N.C5H10N2O4.C3H8N2O2/c1-2-4-9(5-3-8)6-7(10)11;1-2-3-4-5-6-7;6-2(4(8)9)1-3(7)5(10)11;4-1-2(5)3(6)7/h2-6,8H2,1H3,(H,10,11);2-7H2,1H3;2-3H,1,6-7H2,(H,8,9)(H,10,11);2H,1,4-5H2,(H,6,7). The molecule has 216 valence electrons. The first kappa shape index (κ1) is 40.8. The lowest BCUT2D eigenvalue weighted by Crippen LogP contribution is -2.41. The molecule has 0 aliphatic carbocycles. The van der Waals surface area contributed by atoms with Crippen molar-refractivity contribution in [1.82, 2.24) is 4.90 Å². The van der Waals surface area contributed by atoms with Crippen LogP contribution in [0.25, 0.3) is 0 Å².